The smallest absolute Gasteiger partial charge is 0.316 e. The summed E-state index contributed by atoms with van der Waals surface area (Å²) in [4.78, 5) is 70.1. The third-order valence-corrected chi connectivity index (χ3v) is 8.87. The second-order valence-corrected chi connectivity index (χ2v) is 13.0. The summed E-state index contributed by atoms with van der Waals surface area (Å²) in [6, 6.07) is 0. The molecule has 0 aromatic rings. The number of hydrogen-bond acceptors (Lipinski definition) is 8. The van der Waals surface area contributed by atoms with E-state index in [2.05, 4.69) is 0 Å². The summed E-state index contributed by atoms with van der Waals surface area (Å²) in [6.45, 7) is 0. The van der Waals surface area contributed by atoms with Crippen molar-refractivity contribution in [1.29, 1.82) is 0 Å². The number of aliphatic carboxylic acids is 2. The van der Waals surface area contributed by atoms with Gasteiger partial charge >= 0.3 is 35.8 Å². The number of carbonyl (C=O) groups excluding carboxylic acids is 4. The molecule has 0 spiro atoms. The molecular formula is C36H60O10. The van der Waals surface area contributed by atoms with E-state index in [-0.39, 0.29) is 25.7 Å². The van der Waals surface area contributed by atoms with Crippen molar-refractivity contribution >= 4 is 35.8 Å². The summed E-state index contributed by atoms with van der Waals surface area (Å²) >= 11 is 0. The van der Waals surface area contributed by atoms with Crippen molar-refractivity contribution in [2.24, 2.45) is 11.8 Å². The lowest BCUT2D eigenvalue weighted by molar-refractivity contribution is -0.168. The highest BCUT2D eigenvalue weighted by Crippen LogP contribution is 2.31. The van der Waals surface area contributed by atoms with Gasteiger partial charge < -0.3 is 19.7 Å². The third-order valence-electron chi connectivity index (χ3n) is 8.87. The van der Waals surface area contributed by atoms with Gasteiger partial charge in [-0.2, -0.15) is 0 Å². The number of unbranched alkanes of at least 4 members (excludes halogenated alkanes) is 18. The maximum atomic E-state index is 12.4. The van der Waals surface area contributed by atoms with Crippen LogP contribution in [0.5, 0.6) is 0 Å². The van der Waals surface area contributed by atoms with Crippen LogP contribution in [0.2, 0.25) is 0 Å². The molecule has 0 amide bonds. The Morgan fingerprint density at radius 1 is 0.370 bits per heavy atom. The number of esters is 4. The lowest BCUT2D eigenvalue weighted by Crippen LogP contribution is -2.30. The average molecular weight is 653 g/mol. The highest BCUT2D eigenvalue weighted by atomic mass is 16.6. The lowest BCUT2D eigenvalue weighted by atomic mass is 9.82. The van der Waals surface area contributed by atoms with Crippen LogP contribution in [-0.2, 0) is 38.2 Å². The normalized spacial score (nSPS) is 16.1. The van der Waals surface area contributed by atoms with Gasteiger partial charge in [0, 0.05) is 25.7 Å². The van der Waals surface area contributed by atoms with Crippen molar-refractivity contribution in [1.82, 2.24) is 0 Å². The summed E-state index contributed by atoms with van der Waals surface area (Å²) in [7, 11) is 0. The van der Waals surface area contributed by atoms with Crippen molar-refractivity contribution in [3.05, 3.63) is 0 Å². The molecule has 0 aromatic heterocycles. The Bertz CT molecular complexity index is 819. The van der Waals surface area contributed by atoms with Crippen LogP contribution >= 0.6 is 0 Å². The van der Waals surface area contributed by atoms with E-state index in [0.717, 1.165) is 116 Å². The molecule has 264 valence electrons. The predicted octanol–water partition coefficient (Wildman–Crippen LogP) is 8.46. The molecule has 1 saturated carbocycles. The molecular weight excluding hydrogens is 592 g/mol. The van der Waals surface area contributed by atoms with Gasteiger partial charge in [0.1, 0.15) is 0 Å². The van der Waals surface area contributed by atoms with Crippen LogP contribution < -0.4 is 0 Å². The van der Waals surface area contributed by atoms with Crippen molar-refractivity contribution in [3.63, 3.8) is 0 Å². The van der Waals surface area contributed by atoms with Gasteiger partial charge in [0.15, 0.2) is 0 Å². The first-order valence-corrected chi connectivity index (χ1v) is 18.1. The number of rotatable bonds is 28. The van der Waals surface area contributed by atoms with E-state index < -0.39 is 47.7 Å². The Morgan fingerprint density at radius 3 is 0.826 bits per heavy atom. The Morgan fingerprint density at radius 2 is 0.587 bits per heavy atom. The van der Waals surface area contributed by atoms with Crippen molar-refractivity contribution in [2.45, 2.75) is 180 Å². The fourth-order valence-corrected chi connectivity index (χ4v) is 5.98. The molecule has 1 rings (SSSR count). The number of ether oxygens (including phenoxy) is 2. The maximum absolute atomic E-state index is 12.4. The molecule has 1 fully saturated rings. The minimum atomic E-state index is -0.730. The Hall–Kier alpha value is -2.78. The molecule has 0 unspecified atom stereocenters. The molecule has 0 heterocycles. The van der Waals surface area contributed by atoms with Crippen molar-refractivity contribution < 1.29 is 48.5 Å². The molecule has 0 aromatic carbocycles. The standard InChI is InChI=1S/C36H60O10/c37-31(38)21-17-13-9-5-1-3-7-11-15-19-23-33(41)45-35(43)29-25-27-30(28-26-29)36(44)46-34(42)24-20-16-12-8-4-2-6-10-14-18-22-32(39)40/h29-30H,1-28H2,(H,37,38)(H,39,40). The SMILES string of the molecule is O=C(O)CCCCCCCCCCCCC(=O)OC(=O)C1CCC(C(=O)OC(=O)CCCCCCCCCCCCC(=O)O)CC1. The largest absolute Gasteiger partial charge is 0.481 e. The minimum absolute atomic E-state index is 0.219. The van der Waals surface area contributed by atoms with Gasteiger partial charge in [-0.3, -0.25) is 28.8 Å². The van der Waals surface area contributed by atoms with E-state index in [0.29, 0.717) is 38.5 Å². The topological polar surface area (TPSA) is 161 Å². The molecule has 0 aliphatic heterocycles. The lowest BCUT2D eigenvalue weighted by Gasteiger charge is -2.25. The molecule has 10 nitrogen and oxygen atoms in total. The summed E-state index contributed by atoms with van der Waals surface area (Å²) in [5.74, 6) is -4.32. The second-order valence-electron chi connectivity index (χ2n) is 13.0. The number of carbonyl (C=O) groups is 6. The van der Waals surface area contributed by atoms with Gasteiger partial charge in [-0.15, -0.1) is 0 Å². The number of hydrogen-bond donors (Lipinski definition) is 2. The number of carboxylic acid groups (broad SMARTS) is 2. The van der Waals surface area contributed by atoms with Gasteiger partial charge in [0.25, 0.3) is 0 Å². The van der Waals surface area contributed by atoms with Crippen LogP contribution in [-0.4, -0.2) is 46.0 Å². The molecule has 1 aliphatic rings. The van der Waals surface area contributed by atoms with Crippen LogP contribution in [0.25, 0.3) is 0 Å². The Labute approximate surface area is 275 Å². The highest BCUT2D eigenvalue weighted by molar-refractivity contribution is 5.88. The van der Waals surface area contributed by atoms with Gasteiger partial charge in [-0.05, 0) is 51.4 Å². The first kappa shape index (κ1) is 41.2. The first-order valence-electron chi connectivity index (χ1n) is 18.1. The van der Waals surface area contributed by atoms with E-state index in [1.54, 1.807) is 0 Å². The average Bonchev–Trinajstić information content (AvgIpc) is 3.01. The van der Waals surface area contributed by atoms with Gasteiger partial charge in [0.2, 0.25) is 0 Å². The highest BCUT2D eigenvalue weighted by Gasteiger charge is 2.33. The minimum Gasteiger partial charge on any atom is -0.481 e. The molecule has 0 saturated heterocycles. The maximum Gasteiger partial charge on any atom is 0.316 e. The van der Waals surface area contributed by atoms with Gasteiger partial charge in [-0.1, -0.05) is 103 Å². The van der Waals surface area contributed by atoms with Crippen LogP contribution in [0, 0.1) is 11.8 Å². The Balaban J connectivity index is 2.00. The zero-order valence-electron chi connectivity index (χ0n) is 28.1. The van der Waals surface area contributed by atoms with E-state index in [1.165, 1.54) is 0 Å². The fourth-order valence-electron chi connectivity index (χ4n) is 5.98. The molecule has 0 radical (unpaired) electrons. The van der Waals surface area contributed by atoms with Crippen LogP contribution in [0.1, 0.15) is 180 Å². The van der Waals surface area contributed by atoms with Crippen LogP contribution in [0.3, 0.4) is 0 Å². The summed E-state index contributed by atoms with van der Waals surface area (Å²) in [5.41, 5.74) is 0. The summed E-state index contributed by atoms with van der Waals surface area (Å²) in [6.07, 6.45) is 22.5. The molecule has 1 aliphatic carbocycles. The van der Waals surface area contributed by atoms with E-state index >= 15 is 0 Å². The first-order chi connectivity index (χ1) is 22.2. The number of carboxylic acids is 2. The molecule has 0 atom stereocenters. The Kier molecular flexibility index (Phi) is 24.5. The van der Waals surface area contributed by atoms with E-state index in [9.17, 15) is 28.8 Å². The zero-order chi connectivity index (χ0) is 33.8. The summed E-state index contributed by atoms with van der Waals surface area (Å²) < 4.78 is 10.1. The van der Waals surface area contributed by atoms with Crippen LogP contribution in [0.4, 0.5) is 0 Å². The van der Waals surface area contributed by atoms with Crippen molar-refractivity contribution in [3.8, 4) is 0 Å². The van der Waals surface area contributed by atoms with E-state index in [4.69, 9.17) is 19.7 Å². The fraction of sp³-hybridized carbons (Fsp3) is 0.833. The zero-order valence-corrected chi connectivity index (χ0v) is 28.1. The molecule has 0 bridgehead atoms. The molecule has 2 N–H and O–H groups in total. The van der Waals surface area contributed by atoms with E-state index in [1.807, 2.05) is 0 Å². The third kappa shape index (κ3) is 23.5. The quantitative estimate of drug-likeness (QED) is 0.0476. The van der Waals surface area contributed by atoms with Gasteiger partial charge in [-0.25, -0.2) is 0 Å². The van der Waals surface area contributed by atoms with Crippen molar-refractivity contribution in [2.75, 3.05) is 0 Å². The van der Waals surface area contributed by atoms with Gasteiger partial charge in [0.05, 0.1) is 11.8 Å². The monoisotopic (exact) mass is 652 g/mol. The molecule has 46 heavy (non-hydrogen) atoms. The predicted molar refractivity (Wildman–Crippen MR) is 174 cm³/mol. The second kappa shape index (κ2) is 27.3. The molecule has 10 heteroatoms. The van der Waals surface area contributed by atoms with Crippen LogP contribution in [0.15, 0.2) is 0 Å². The summed E-state index contributed by atoms with van der Waals surface area (Å²) in [5, 5.41) is 17.3.